The third-order valence-electron chi connectivity index (χ3n) is 4.09. The van der Waals surface area contributed by atoms with Gasteiger partial charge < -0.3 is 11.1 Å². The highest BCUT2D eigenvalue weighted by Gasteiger charge is 2.40. The lowest BCUT2D eigenvalue weighted by Crippen LogP contribution is -2.32. The van der Waals surface area contributed by atoms with Crippen LogP contribution in [0.15, 0.2) is 18.2 Å². The molecule has 0 aromatic heterocycles. The number of nitrogens with one attached hydrogen (secondary N) is 1. The van der Waals surface area contributed by atoms with Crippen LogP contribution in [-0.2, 0) is 6.54 Å². The highest BCUT2D eigenvalue weighted by molar-refractivity contribution is 5.48. The lowest BCUT2D eigenvalue weighted by Gasteiger charge is -2.18. The fraction of sp³-hybridized carbons (Fsp3) is 0.600. The van der Waals surface area contributed by atoms with Gasteiger partial charge in [-0.25, -0.2) is 0 Å². The monoisotopic (exact) mass is 230 g/mol. The Bertz CT molecular complexity index is 393. The SMILES string of the molecule is Cc1ccc(N)c(CNC(C2CC2)C2CC2)c1. The Morgan fingerprint density at radius 2 is 1.88 bits per heavy atom. The van der Waals surface area contributed by atoms with E-state index in [1.807, 2.05) is 6.07 Å². The van der Waals surface area contributed by atoms with E-state index in [0.29, 0.717) is 0 Å². The number of hydrogen-bond acceptors (Lipinski definition) is 2. The number of rotatable bonds is 5. The van der Waals surface area contributed by atoms with Gasteiger partial charge in [-0.15, -0.1) is 0 Å². The van der Waals surface area contributed by atoms with Gasteiger partial charge in [-0.05, 0) is 56.1 Å². The topological polar surface area (TPSA) is 38.0 Å². The molecule has 0 radical (unpaired) electrons. The maximum Gasteiger partial charge on any atom is 0.0359 e. The molecule has 2 aliphatic carbocycles. The lowest BCUT2D eigenvalue weighted by atomic mass is 10.1. The van der Waals surface area contributed by atoms with Crippen molar-refractivity contribution in [2.75, 3.05) is 5.73 Å². The number of hydrogen-bond donors (Lipinski definition) is 2. The molecule has 0 saturated heterocycles. The quantitative estimate of drug-likeness (QED) is 0.763. The molecule has 17 heavy (non-hydrogen) atoms. The van der Waals surface area contributed by atoms with E-state index in [2.05, 4.69) is 24.4 Å². The minimum atomic E-state index is 0.759. The summed E-state index contributed by atoms with van der Waals surface area (Å²) < 4.78 is 0. The Labute approximate surface area is 104 Å². The summed E-state index contributed by atoms with van der Waals surface area (Å²) in [5, 5.41) is 3.75. The number of nitrogens with two attached hydrogens (primary N) is 1. The first kappa shape index (κ1) is 11.1. The van der Waals surface area contributed by atoms with E-state index >= 15 is 0 Å². The zero-order valence-corrected chi connectivity index (χ0v) is 10.6. The summed E-state index contributed by atoms with van der Waals surface area (Å²) in [5.74, 6) is 1.90. The minimum Gasteiger partial charge on any atom is -0.398 e. The standard InChI is InChI=1S/C15H22N2/c1-10-2-7-14(16)13(8-10)9-17-15(11-3-4-11)12-5-6-12/h2,7-8,11-12,15,17H,3-6,9,16H2,1H3. The minimum absolute atomic E-state index is 0.759. The fourth-order valence-corrected chi connectivity index (χ4v) is 2.74. The molecule has 0 bridgehead atoms. The lowest BCUT2D eigenvalue weighted by molar-refractivity contribution is 0.416. The van der Waals surface area contributed by atoms with Gasteiger partial charge in [0.15, 0.2) is 0 Å². The van der Waals surface area contributed by atoms with Crippen molar-refractivity contribution in [3.63, 3.8) is 0 Å². The molecule has 2 saturated carbocycles. The van der Waals surface area contributed by atoms with Gasteiger partial charge in [-0.1, -0.05) is 17.7 Å². The van der Waals surface area contributed by atoms with Crippen molar-refractivity contribution in [2.24, 2.45) is 11.8 Å². The molecule has 3 rings (SSSR count). The zero-order chi connectivity index (χ0) is 11.8. The molecule has 0 aliphatic heterocycles. The maximum atomic E-state index is 6.02. The van der Waals surface area contributed by atoms with Crippen LogP contribution in [0.3, 0.4) is 0 Å². The van der Waals surface area contributed by atoms with Gasteiger partial charge in [0.2, 0.25) is 0 Å². The summed E-state index contributed by atoms with van der Waals surface area (Å²) in [5.41, 5.74) is 9.50. The van der Waals surface area contributed by atoms with Crippen LogP contribution in [0.1, 0.15) is 36.8 Å². The van der Waals surface area contributed by atoms with Gasteiger partial charge in [-0.2, -0.15) is 0 Å². The first-order valence-corrected chi connectivity index (χ1v) is 6.82. The summed E-state index contributed by atoms with van der Waals surface area (Å²) in [6, 6.07) is 7.07. The number of nitrogen functional groups attached to an aromatic ring is 1. The Hall–Kier alpha value is -1.02. The smallest absolute Gasteiger partial charge is 0.0359 e. The first-order chi connectivity index (χ1) is 8.24. The van der Waals surface area contributed by atoms with Crippen molar-refractivity contribution in [1.82, 2.24) is 5.32 Å². The predicted octanol–water partition coefficient (Wildman–Crippen LogP) is 2.86. The van der Waals surface area contributed by atoms with E-state index in [1.165, 1.54) is 36.8 Å². The molecule has 1 aromatic carbocycles. The van der Waals surface area contributed by atoms with Crippen LogP contribution in [0.5, 0.6) is 0 Å². The molecule has 92 valence electrons. The average Bonchev–Trinajstić information content (AvgIpc) is 3.14. The van der Waals surface area contributed by atoms with Crippen LogP contribution in [0, 0.1) is 18.8 Å². The second kappa shape index (κ2) is 4.34. The van der Waals surface area contributed by atoms with Crippen LogP contribution < -0.4 is 11.1 Å². The third-order valence-corrected chi connectivity index (χ3v) is 4.09. The van der Waals surface area contributed by atoms with Gasteiger partial charge in [0.05, 0.1) is 0 Å². The molecule has 0 unspecified atom stereocenters. The summed E-state index contributed by atoms with van der Waals surface area (Å²) in [7, 11) is 0. The molecule has 2 aliphatic rings. The van der Waals surface area contributed by atoms with Crippen molar-refractivity contribution < 1.29 is 0 Å². The van der Waals surface area contributed by atoms with Crippen molar-refractivity contribution in [3.05, 3.63) is 29.3 Å². The van der Waals surface area contributed by atoms with Gasteiger partial charge in [0.25, 0.3) is 0 Å². The molecular formula is C15H22N2. The molecule has 1 aromatic rings. The highest BCUT2D eigenvalue weighted by atomic mass is 14.9. The number of benzene rings is 1. The summed E-state index contributed by atoms with van der Waals surface area (Å²) in [4.78, 5) is 0. The van der Waals surface area contributed by atoms with E-state index in [4.69, 9.17) is 5.73 Å². The third kappa shape index (κ3) is 2.63. The first-order valence-electron chi connectivity index (χ1n) is 6.82. The summed E-state index contributed by atoms with van der Waals surface area (Å²) >= 11 is 0. The second-order valence-corrected chi connectivity index (χ2v) is 5.78. The summed E-state index contributed by atoms with van der Waals surface area (Å²) in [6.45, 7) is 3.06. The average molecular weight is 230 g/mol. The Balaban J connectivity index is 1.63. The van der Waals surface area contributed by atoms with E-state index in [1.54, 1.807) is 0 Å². The van der Waals surface area contributed by atoms with Crippen LogP contribution >= 0.6 is 0 Å². The largest absolute Gasteiger partial charge is 0.398 e. The van der Waals surface area contributed by atoms with Crippen LogP contribution in [0.4, 0.5) is 5.69 Å². The molecule has 0 atom stereocenters. The van der Waals surface area contributed by atoms with E-state index in [9.17, 15) is 0 Å². The molecule has 2 fully saturated rings. The van der Waals surface area contributed by atoms with E-state index < -0.39 is 0 Å². The van der Waals surface area contributed by atoms with Crippen molar-refractivity contribution >= 4 is 5.69 Å². The predicted molar refractivity (Wildman–Crippen MR) is 71.7 cm³/mol. The molecule has 3 N–H and O–H groups in total. The highest BCUT2D eigenvalue weighted by Crippen LogP contribution is 2.44. The van der Waals surface area contributed by atoms with Gasteiger partial charge in [0, 0.05) is 18.3 Å². The van der Waals surface area contributed by atoms with Crippen molar-refractivity contribution in [1.29, 1.82) is 0 Å². The van der Waals surface area contributed by atoms with Crippen LogP contribution in [0.25, 0.3) is 0 Å². The molecular weight excluding hydrogens is 208 g/mol. The van der Waals surface area contributed by atoms with Gasteiger partial charge >= 0.3 is 0 Å². The van der Waals surface area contributed by atoms with Crippen molar-refractivity contribution in [2.45, 2.75) is 45.2 Å². The Morgan fingerprint density at radius 3 is 2.47 bits per heavy atom. The van der Waals surface area contributed by atoms with E-state index in [-0.39, 0.29) is 0 Å². The maximum absolute atomic E-state index is 6.02. The van der Waals surface area contributed by atoms with E-state index in [0.717, 1.165) is 30.1 Å². The molecule has 0 amide bonds. The normalized spacial score (nSPS) is 19.9. The van der Waals surface area contributed by atoms with Gasteiger partial charge in [0.1, 0.15) is 0 Å². The summed E-state index contributed by atoms with van der Waals surface area (Å²) in [6.07, 6.45) is 5.71. The molecule has 2 heteroatoms. The van der Waals surface area contributed by atoms with Crippen molar-refractivity contribution in [3.8, 4) is 0 Å². The van der Waals surface area contributed by atoms with Crippen LogP contribution in [-0.4, -0.2) is 6.04 Å². The second-order valence-electron chi connectivity index (χ2n) is 5.78. The molecule has 0 spiro atoms. The van der Waals surface area contributed by atoms with Crippen LogP contribution in [0.2, 0.25) is 0 Å². The molecule has 0 heterocycles. The molecule has 2 nitrogen and oxygen atoms in total. The Morgan fingerprint density at radius 1 is 1.24 bits per heavy atom. The van der Waals surface area contributed by atoms with Gasteiger partial charge in [-0.3, -0.25) is 0 Å². The fourth-order valence-electron chi connectivity index (χ4n) is 2.74. The number of aryl methyl sites for hydroxylation is 1. The number of anilines is 1. The zero-order valence-electron chi connectivity index (χ0n) is 10.6. The Kier molecular flexibility index (Phi) is 2.83.